The number of hydrogen-bond acceptors (Lipinski definition) is 4. The Morgan fingerprint density at radius 3 is 3.14 bits per heavy atom. The molecule has 0 aliphatic rings. The van der Waals surface area contributed by atoms with Gasteiger partial charge >= 0.3 is 0 Å². The van der Waals surface area contributed by atoms with Crippen LogP contribution < -0.4 is 5.43 Å². The second kappa shape index (κ2) is 2.41. The third kappa shape index (κ3) is 0.806. The van der Waals surface area contributed by atoms with E-state index in [4.69, 9.17) is 4.42 Å². The highest BCUT2D eigenvalue weighted by molar-refractivity contribution is 5.86. The molecule has 0 amide bonds. The average Bonchev–Trinajstić information content (AvgIpc) is 2.66. The fourth-order valence-electron chi connectivity index (χ4n) is 1.42. The normalized spacial score (nSPS) is 11.1. The Kier molecular flexibility index (Phi) is 1.25. The number of pyridine rings is 1. The predicted molar refractivity (Wildman–Crippen MR) is 49.9 cm³/mol. The molecule has 5 nitrogen and oxygen atoms in total. The van der Waals surface area contributed by atoms with Crippen LogP contribution in [0.3, 0.4) is 0 Å². The summed E-state index contributed by atoms with van der Waals surface area (Å²) in [5.74, 6) is 0. The van der Waals surface area contributed by atoms with Crippen LogP contribution in [0.2, 0.25) is 0 Å². The molecule has 0 radical (unpaired) electrons. The molecule has 14 heavy (non-hydrogen) atoms. The summed E-state index contributed by atoms with van der Waals surface area (Å²) in [7, 11) is 0. The number of H-pyrrole nitrogens is 1. The topological polar surface area (TPSA) is 71.8 Å². The van der Waals surface area contributed by atoms with Crippen molar-refractivity contribution < 1.29 is 4.42 Å². The van der Waals surface area contributed by atoms with Crippen molar-refractivity contribution in [2.75, 3.05) is 0 Å². The van der Waals surface area contributed by atoms with Crippen molar-refractivity contribution in [1.29, 1.82) is 0 Å². The summed E-state index contributed by atoms with van der Waals surface area (Å²) in [5, 5.41) is 7.34. The van der Waals surface area contributed by atoms with Gasteiger partial charge in [0.25, 0.3) is 0 Å². The Bertz CT molecular complexity index is 668. The van der Waals surface area contributed by atoms with Crippen LogP contribution in [-0.2, 0) is 0 Å². The minimum Gasteiger partial charge on any atom is -0.436 e. The lowest BCUT2D eigenvalue weighted by Crippen LogP contribution is -2.00. The maximum atomic E-state index is 11.8. The lowest BCUT2D eigenvalue weighted by molar-refractivity contribution is 0.640. The number of rotatable bonds is 0. The molecule has 0 atom stereocenters. The minimum absolute atomic E-state index is 0.0857. The maximum absolute atomic E-state index is 11.8. The highest BCUT2D eigenvalue weighted by Crippen LogP contribution is 2.14. The monoisotopic (exact) mass is 187 g/mol. The van der Waals surface area contributed by atoms with Gasteiger partial charge in [-0.2, -0.15) is 5.10 Å². The molecule has 0 fully saturated rings. The summed E-state index contributed by atoms with van der Waals surface area (Å²) < 4.78 is 5.39. The van der Waals surface area contributed by atoms with Crippen molar-refractivity contribution >= 4 is 22.1 Å². The molecule has 68 valence electrons. The summed E-state index contributed by atoms with van der Waals surface area (Å²) in [4.78, 5) is 15.7. The average molecular weight is 187 g/mol. The van der Waals surface area contributed by atoms with Crippen molar-refractivity contribution in [3.63, 3.8) is 0 Å². The number of nitrogens with zero attached hydrogens (tertiary/aromatic N) is 2. The van der Waals surface area contributed by atoms with E-state index in [-0.39, 0.29) is 5.43 Å². The molecule has 3 aromatic rings. The third-order valence-electron chi connectivity index (χ3n) is 2.09. The second-order valence-corrected chi connectivity index (χ2v) is 2.92. The highest BCUT2D eigenvalue weighted by atomic mass is 16.3. The van der Waals surface area contributed by atoms with Crippen molar-refractivity contribution in [2.24, 2.45) is 0 Å². The van der Waals surface area contributed by atoms with Crippen LogP contribution >= 0.6 is 0 Å². The summed E-state index contributed by atoms with van der Waals surface area (Å²) in [6.07, 6.45) is 4.53. The number of nitrogens with one attached hydrogen (secondary N) is 1. The Labute approximate surface area is 77.4 Å². The van der Waals surface area contributed by atoms with Gasteiger partial charge in [-0.1, -0.05) is 0 Å². The summed E-state index contributed by atoms with van der Waals surface area (Å²) in [6.45, 7) is 0. The quantitative estimate of drug-likeness (QED) is 0.571. The van der Waals surface area contributed by atoms with Crippen LogP contribution in [0.25, 0.3) is 22.1 Å². The van der Waals surface area contributed by atoms with Crippen LogP contribution in [0.4, 0.5) is 0 Å². The number of aromatic nitrogens is 3. The lowest BCUT2D eigenvalue weighted by Gasteiger charge is -1.94. The van der Waals surface area contributed by atoms with E-state index in [1.54, 1.807) is 12.3 Å². The van der Waals surface area contributed by atoms with Crippen molar-refractivity contribution in [1.82, 2.24) is 15.2 Å². The van der Waals surface area contributed by atoms with Gasteiger partial charge in [-0.15, -0.1) is 0 Å². The molecule has 0 bridgehead atoms. The zero-order valence-electron chi connectivity index (χ0n) is 7.02. The molecule has 0 aliphatic carbocycles. The van der Waals surface area contributed by atoms with Gasteiger partial charge in [0.2, 0.25) is 11.1 Å². The zero-order valence-corrected chi connectivity index (χ0v) is 7.02. The van der Waals surface area contributed by atoms with E-state index in [2.05, 4.69) is 15.2 Å². The Morgan fingerprint density at radius 1 is 1.29 bits per heavy atom. The van der Waals surface area contributed by atoms with E-state index >= 15 is 0 Å². The molecule has 5 heteroatoms. The molecule has 0 spiro atoms. The highest BCUT2D eigenvalue weighted by Gasteiger charge is 2.07. The first kappa shape index (κ1) is 7.25. The van der Waals surface area contributed by atoms with E-state index in [1.165, 1.54) is 12.4 Å². The van der Waals surface area contributed by atoms with Crippen molar-refractivity contribution in [2.45, 2.75) is 0 Å². The largest absolute Gasteiger partial charge is 0.436 e. The second-order valence-electron chi connectivity index (χ2n) is 2.92. The van der Waals surface area contributed by atoms with E-state index < -0.39 is 0 Å². The van der Waals surface area contributed by atoms with E-state index in [9.17, 15) is 4.79 Å². The fraction of sp³-hybridized carbons (Fsp3) is 0. The predicted octanol–water partition coefficient (Wildman–Crippen LogP) is 1.06. The Hall–Kier alpha value is -2.17. The molecule has 0 saturated heterocycles. The van der Waals surface area contributed by atoms with Gasteiger partial charge in [-0.05, 0) is 6.07 Å². The van der Waals surface area contributed by atoms with Gasteiger partial charge in [-0.3, -0.25) is 9.78 Å². The molecule has 0 unspecified atom stereocenters. The first-order chi connectivity index (χ1) is 6.86. The lowest BCUT2D eigenvalue weighted by atomic mass is 10.2. The van der Waals surface area contributed by atoms with Gasteiger partial charge in [0.1, 0.15) is 5.39 Å². The first-order valence-electron chi connectivity index (χ1n) is 4.06. The van der Waals surface area contributed by atoms with Crippen LogP contribution in [0, 0.1) is 0 Å². The molecular formula is C9H5N3O2. The van der Waals surface area contributed by atoms with Crippen molar-refractivity contribution in [3.8, 4) is 0 Å². The number of fused-ring (bicyclic) bond motifs is 2. The number of aromatic amines is 1. The van der Waals surface area contributed by atoms with Gasteiger partial charge in [-0.25, -0.2) is 5.10 Å². The smallest absolute Gasteiger partial charge is 0.226 e. The van der Waals surface area contributed by atoms with Gasteiger partial charge in [0.15, 0.2) is 5.58 Å². The zero-order chi connectivity index (χ0) is 9.54. The SMILES string of the molecule is O=c1c2ccncc2oc2[nH]ncc12. The van der Waals surface area contributed by atoms with Crippen LogP contribution in [0.15, 0.2) is 33.9 Å². The molecule has 0 saturated carbocycles. The number of hydrogen-bond donors (Lipinski definition) is 1. The summed E-state index contributed by atoms with van der Waals surface area (Å²) in [6, 6.07) is 1.63. The van der Waals surface area contributed by atoms with E-state index in [1.807, 2.05) is 0 Å². The van der Waals surface area contributed by atoms with Gasteiger partial charge in [0.05, 0.1) is 17.8 Å². The Balaban J connectivity index is 2.70. The van der Waals surface area contributed by atoms with Crippen LogP contribution in [0.1, 0.15) is 0 Å². The summed E-state index contributed by atoms with van der Waals surface area (Å²) >= 11 is 0. The molecular weight excluding hydrogens is 182 g/mol. The first-order valence-corrected chi connectivity index (χ1v) is 4.06. The molecule has 3 aromatic heterocycles. The molecule has 3 heterocycles. The third-order valence-corrected chi connectivity index (χ3v) is 2.09. The fourth-order valence-corrected chi connectivity index (χ4v) is 1.42. The molecule has 1 N–H and O–H groups in total. The summed E-state index contributed by atoms with van der Waals surface area (Å²) in [5.41, 5.74) is 0.766. The van der Waals surface area contributed by atoms with Gasteiger partial charge in [0, 0.05) is 6.20 Å². The van der Waals surface area contributed by atoms with Gasteiger partial charge < -0.3 is 4.42 Å². The molecule has 3 rings (SSSR count). The van der Waals surface area contributed by atoms with Crippen LogP contribution in [0.5, 0.6) is 0 Å². The van der Waals surface area contributed by atoms with Crippen LogP contribution in [-0.4, -0.2) is 15.2 Å². The minimum atomic E-state index is -0.0857. The van der Waals surface area contributed by atoms with E-state index in [0.717, 1.165) is 0 Å². The molecule has 0 aliphatic heterocycles. The Morgan fingerprint density at radius 2 is 2.21 bits per heavy atom. The molecule has 0 aromatic carbocycles. The standard InChI is InChI=1S/C9H5N3O2/c13-8-5-1-2-10-4-7(5)14-9-6(8)3-11-12-9/h1-4H,(H,11,12). The van der Waals surface area contributed by atoms with Crippen molar-refractivity contribution in [3.05, 3.63) is 34.9 Å². The maximum Gasteiger partial charge on any atom is 0.226 e. The van der Waals surface area contributed by atoms with E-state index in [0.29, 0.717) is 22.1 Å².